The molecule has 11 heteroatoms. The lowest BCUT2D eigenvalue weighted by Gasteiger charge is -2.22. The molecule has 10 nitrogen and oxygen atoms in total. The Morgan fingerprint density at radius 3 is 2.60 bits per heavy atom. The zero-order valence-corrected chi connectivity index (χ0v) is 15.7. The Morgan fingerprint density at radius 1 is 1.44 bits per heavy atom. The van der Waals surface area contributed by atoms with Crippen LogP contribution in [0.1, 0.15) is 34.1 Å². The highest BCUT2D eigenvalue weighted by Crippen LogP contribution is 2.25. The molecule has 1 rings (SSSR count). The van der Waals surface area contributed by atoms with E-state index in [0.29, 0.717) is 4.47 Å². The quantitative estimate of drug-likeness (QED) is 0.531. The van der Waals surface area contributed by atoms with Crippen LogP contribution in [0, 0.1) is 10.1 Å². The molecular weight excluding hydrogens is 400 g/mol. The Labute approximate surface area is 152 Å². The number of nitro groups is 1. The number of alkyl carbamates (subject to hydrolysis) is 1. The standard InChI is InChI=1S/C14H19BrN4O6/c1-5-9(17-13(21)24-14(2,3)4)12(20)25-18-11-10(19(22)23)6-8(15)7-16-11/h6-7,9H,5H2,1-4H3,(H,16,18)(H,17,21). The van der Waals surface area contributed by atoms with Gasteiger partial charge in [0.05, 0.1) is 4.92 Å². The molecule has 1 unspecified atom stereocenters. The number of nitrogens with one attached hydrogen (secondary N) is 2. The molecule has 0 aliphatic rings. The Hall–Kier alpha value is -2.43. The molecule has 0 spiro atoms. The first-order chi connectivity index (χ1) is 11.5. The zero-order chi connectivity index (χ0) is 19.2. The van der Waals surface area contributed by atoms with E-state index in [4.69, 9.17) is 9.57 Å². The molecule has 0 saturated heterocycles. The van der Waals surface area contributed by atoms with E-state index >= 15 is 0 Å². The summed E-state index contributed by atoms with van der Waals surface area (Å²) in [6.07, 6.45) is 0.763. The maximum atomic E-state index is 12.0. The highest BCUT2D eigenvalue weighted by Gasteiger charge is 2.25. The van der Waals surface area contributed by atoms with Crippen molar-refractivity contribution in [1.82, 2.24) is 10.3 Å². The summed E-state index contributed by atoms with van der Waals surface area (Å²) in [4.78, 5) is 42.6. The van der Waals surface area contributed by atoms with Gasteiger partial charge in [-0.15, -0.1) is 0 Å². The largest absolute Gasteiger partial charge is 0.444 e. The number of anilines is 1. The highest BCUT2D eigenvalue weighted by atomic mass is 79.9. The number of aromatic nitrogens is 1. The van der Waals surface area contributed by atoms with Gasteiger partial charge in [-0.1, -0.05) is 6.92 Å². The van der Waals surface area contributed by atoms with Crippen LogP contribution in [0.3, 0.4) is 0 Å². The van der Waals surface area contributed by atoms with Crippen molar-refractivity contribution in [3.63, 3.8) is 0 Å². The second kappa shape index (κ2) is 8.60. The highest BCUT2D eigenvalue weighted by molar-refractivity contribution is 9.10. The first-order valence-corrected chi connectivity index (χ1v) is 8.09. The number of amides is 1. The normalized spacial score (nSPS) is 12.0. The van der Waals surface area contributed by atoms with Crippen LogP contribution in [0.25, 0.3) is 0 Å². The van der Waals surface area contributed by atoms with Crippen LogP contribution < -0.4 is 10.8 Å². The summed E-state index contributed by atoms with van der Waals surface area (Å²) >= 11 is 3.07. The minimum absolute atomic E-state index is 0.232. The number of halogens is 1. The number of rotatable bonds is 6. The molecule has 138 valence electrons. The van der Waals surface area contributed by atoms with Crippen molar-refractivity contribution < 1.29 is 24.1 Å². The molecule has 0 bridgehead atoms. The van der Waals surface area contributed by atoms with Crippen molar-refractivity contribution in [2.45, 2.75) is 45.8 Å². The Balaban J connectivity index is 2.71. The van der Waals surface area contributed by atoms with Crippen LogP contribution in [-0.2, 0) is 14.4 Å². The predicted octanol–water partition coefficient (Wildman–Crippen LogP) is 2.93. The fourth-order valence-electron chi connectivity index (χ4n) is 1.59. The summed E-state index contributed by atoms with van der Waals surface area (Å²) in [6.45, 7) is 6.72. The number of carbonyl (C=O) groups is 2. The van der Waals surface area contributed by atoms with Crippen molar-refractivity contribution in [2.75, 3.05) is 5.48 Å². The van der Waals surface area contributed by atoms with Crippen LogP contribution in [-0.4, -0.2) is 33.6 Å². The summed E-state index contributed by atoms with van der Waals surface area (Å²) in [7, 11) is 0. The molecule has 0 aliphatic heterocycles. The van der Waals surface area contributed by atoms with E-state index in [1.165, 1.54) is 12.3 Å². The number of ether oxygens (including phenoxy) is 1. The fourth-order valence-corrected chi connectivity index (χ4v) is 1.91. The maximum absolute atomic E-state index is 12.0. The summed E-state index contributed by atoms with van der Waals surface area (Å²) < 4.78 is 5.46. The summed E-state index contributed by atoms with van der Waals surface area (Å²) in [6, 6.07) is 0.219. The second-order valence-electron chi connectivity index (χ2n) is 5.91. The molecule has 1 heterocycles. The van der Waals surface area contributed by atoms with Crippen LogP contribution in [0.2, 0.25) is 0 Å². The van der Waals surface area contributed by atoms with E-state index in [2.05, 4.69) is 31.7 Å². The van der Waals surface area contributed by atoms with Gasteiger partial charge in [-0.3, -0.25) is 10.1 Å². The summed E-state index contributed by atoms with van der Waals surface area (Å²) in [5, 5.41) is 13.3. The minimum atomic E-state index is -0.989. The minimum Gasteiger partial charge on any atom is -0.444 e. The van der Waals surface area contributed by atoms with Crippen molar-refractivity contribution in [3.8, 4) is 0 Å². The maximum Gasteiger partial charge on any atom is 0.408 e. The topological polar surface area (TPSA) is 133 Å². The van der Waals surface area contributed by atoms with Gasteiger partial charge < -0.3 is 14.9 Å². The number of hydrogen-bond donors (Lipinski definition) is 2. The molecular formula is C14H19BrN4O6. The molecule has 0 aromatic carbocycles. The van der Waals surface area contributed by atoms with Crippen molar-refractivity contribution in [1.29, 1.82) is 0 Å². The van der Waals surface area contributed by atoms with Gasteiger partial charge >= 0.3 is 17.7 Å². The first-order valence-electron chi connectivity index (χ1n) is 7.29. The molecule has 0 aliphatic carbocycles. The van der Waals surface area contributed by atoms with Gasteiger partial charge in [-0.25, -0.2) is 14.6 Å². The zero-order valence-electron chi connectivity index (χ0n) is 14.2. The predicted molar refractivity (Wildman–Crippen MR) is 91.8 cm³/mol. The smallest absolute Gasteiger partial charge is 0.408 e. The van der Waals surface area contributed by atoms with E-state index in [9.17, 15) is 19.7 Å². The number of pyridine rings is 1. The van der Waals surface area contributed by atoms with E-state index in [-0.39, 0.29) is 17.9 Å². The van der Waals surface area contributed by atoms with Crippen molar-refractivity contribution in [2.24, 2.45) is 0 Å². The van der Waals surface area contributed by atoms with E-state index < -0.39 is 28.6 Å². The van der Waals surface area contributed by atoms with Gasteiger partial charge in [-0.05, 0) is 43.1 Å². The van der Waals surface area contributed by atoms with Crippen LogP contribution in [0.5, 0.6) is 0 Å². The van der Waals surface area contributed by atoms with Crippen LogP contribution >= 0.6 is 15.9 Å². The van der Waals surface area contributed by atoms with Gasteiger partial charge in [0.15, 0.2) is 0 Å². The van der Waals surface area contributed by atoms with Gasteiger partial charge in [0.2, 0.25) is 5.82 Å². The molecule has 1 amide bonds. The average Bonchev–Trinajstić information content (AvgIpc) is 2.49. The van der Waals surface area contributed by atoms with Crippen LogP contribution in [0.15, 0.2) is 16.7 Å². The van der Waals surface area contributed by atoms with Crippen LogP contribution in [0.4, 0.5) is 16.3 Å². The summed E-state index contributed by atoms with van der Waals surface area (Å²) in [5.41, 5.74) is 1.05. The Morgan fingerprint density at radius 2 is 2.08 bits per heavy atom. The Kier molecular flexibility index (Phi) is 7.09. The number of hydrogen-bond acceptors (Lipinski definition) is 8. The molecule has 1 aromatic rings. The lowest BCUT2D eigenvalue weighted by atomic mass is 10.2. The molecule has 25 heavy (non-hydrogen) atoms. The second-order valence-corrected chi connectivity index (χ2v) is 6.82. The SMILES string of the molecule is CCC(NC(=O)OC(C)(C)C)C(=O)ONc1ncc(Br)cc1[N+](=O)[O-]. The van der Waals surface area contributed by atoms with Gasteiger partial charge in [-0.2, -0.15) is 5.48 Å². The van der Waals surface area contributed by atoms with Crippen molar-refractivity contribution >= 4 is 39.5 Å². The fraction of sp³-hybridized carbons (Fsp3) is 0.500. The monoisotopic (exact) mass is 418 g/mol. The van der Waals surface area contributed by atoms with E-state index in [0.717, 1.165) is 0 Å². The Bertz CT molecular complexity index is 661. The number of nitrogens with zero attached hydrogens (tertiary/aromatic N) is 2. The third-order valence-corrected chi connectivity index (χ3v) is 3.10. The number of carbonyl (C=O) groups excluding carboxylic acids is 2. The molecule has 2 N–H and O–H groups in total. The molecule has 0 saturated carbocycles. The average molecular weight is 419 g/mol. The van der Waals surface area contributed by atoms with Gasteiger partial charge in [0.1, 0.15) is 11.6 Å². The molecule has 0 radical (unpaired) electrons. The van der Waals surface area contributed by atoms with E-state index in [1.807, 2.05) is 0 Å². The summed E-state index contributed by atoms with van der Waals surface area (Å²) in [5.74, 6) is -1.08. The van der Waals surface area contributed by atoms with E-state index in [1.54, 1.807) is 27.7 Å². The van der Waals surface area contributed by atoms with Crippen molar-refractivity contribution in [3.05, 3.63) is 26.9 Å². The molecule has 0 fully saturated rings. The van der Waals surface area contributed by atoms with Gasteiger partial charge in [0.25, 0.3) is 0 Å². The molecule has 1 aromatic heterocycles. The first kappa shape index (κ1) is 20.6. The third kappa shape index (κ3) is 6.91. The van der Waals surface area contributed by atoms with Gasteiger partial charge in [0, 0.05) is 16.7 Å². The lowest BCUT2D eigenvalue weighted by molar-refractivity contribution is -0.384. The lowest BCUT2D eigenvalue weighted by Crippen LogP contribution is -2.44. The molecule has 1 atom stereocenters. The third-order valence-electron chi connectivity index (χ3n) is 2.66.